The fourth-order valence-corrected chi connectivity index (χ4v) is 1.52. The van der Waals surface area contributed by atoms with Crippen molar-refractivity contribution in [3.8, 4) is 5.75 Å². The Hall–Kier alpha value is -1.33. The number of ether oxygens (including phenoxy) is 1. The van der Waals surface area contributed by atoms with E-state index in [1.165, 1.54) is 12.1 Å². The maximum absolute atomic E-state index is 10.5. The minimum absolute atomic E-state index is 0. The second kappa shape index (κ2) is 4.46. The number of fused-ring (bicyclic) bond motifs is 1. The van der Waals surface area contributed by atoms with Crippen LogP contribution in [0.5, 0.6) is 5.75 Å². The standard InChI is InChI=1S/C9H10N2O3.ClH/c10-7-3-6-4-8(11(12)13)1-2-9(6)14-5-7;/h1-2,4,7H,3,5,10H2;1H. The van der Waals surface area contributed by atoms with E-state index in [0.717, 1.165) is 5.56 Å². The molecule has 0 radical (unpaired) electrons. The number of nitrogens with zero attached hydrogens (tertiary/aromatic N) is 1. The van der Waals surface area contributed by atoms with Crippen LogP contribution in [0, 0.1) is 10.1 Å². The summed E-state index contributed by atoms with van der Waals surface area (Å²) in [5.41, 5.74) is 6.58. The van der Waals surface area contributed by atoms with Crippen molar-refractivity contribution in [3.63, 3.8) is 0 Å². The molecule has 1 atom stereocenters. The number of nitro groups is 1. The van der Waals surface area contributed by atoms with Gasteiger partial charge in [0.1, 0.15) is 12.4 Å². The largest absolute Gasteiger partial charge is 0.492 e. The molecule has 15 heavy (non-hydrogen) atoms. The first-order chi connectivity index (χ1) is 6.66. The molecule has 0 spiro atoms. The van der Waals surface area contributed by atoms with Gasteiger partial charge in [0, 0.05) is 23.7 Å². The van der Waals surface area contributed by atoms with Crippen LogP contribution in [0.25, 0.3) is 0 Å². The third kappa shape index (κ3) is 2.37. The lowest BCUT2D eigenvalue weighted by molar-refractivity contribution is -0.385. The molecule has 5 nitrogen and oxygen atoms in total. The van der Waals surface area contributed by atoms with Gasteiger partial charge in [0.05, 0.1) is 4.92 Å². The summed E-state index contributed by atoms with van der Waals surface area (Å²) < 4.78 is 5.32. The van der Waals surface area contributed by atoms with Crippen molar-refractivity contribution in [1.29, 1.82) is 0 Å². The summed E-state index contributed by atoms with van der Waals surface area (Å²) in [5.74, 6) is 0.706. The first kappa shape index (κ1) is 11.7. The van der Waals surface area contributed by atoms with E-state index in [2.05, 4.69) is 0 Å². The van der Waals surface area contributed by atoms with Gasteiger partial charge in [-0.2, -0.15) is 0 Å². The number of non-ortho nitro benzene ring substituents is 1. The van der Waals surface area contributed by atoms with E-state index < -0.39 is 4.92 Å². The highest BCUT2D eigenvalue weighted by Crippen LogP contribution is 2.27. The Balaban J connectivity index is 0.00000112. The highest BCUT2D eigenvalue weighted by Gasteiger charge is 2.19. The van der Waals surface area contributed by atoms with E-state index >= 15 is 0 Å². The van der Waals surface area contributed by atoms with Gasteiger partial charge in [-0.3, -0.25) is 10.1 Å². The van der Waals surface area contributed by atoms with Crippen LogP contribution < -0.4 is 10.5 Å². The average molecular weight is 231 g/mol. The van der Waals surface area contributed by atoms with Crippen molar-refractivity contribution >= 4 is 18.1 Å². The maximum Gasteiger partial charge on any atom is 0.269 e. The molecule has 1 heterocycles. The smallest absolute Gasteiger partial charge is 0.269 e. The summed E-state index contributed by atoms with van der Waals surface area (Å²) in [6, 6.07) is 4.52. The van der Waals surface area contributed by atoms with Crippen LogP contribution in [0.1, 0.15) is 5.56 Å². The van der Waals surface area contributed by atoms with Crippen LogP contribution in [0.2, 0.25) is 0 Å². The Morgan fingerprint density at radius 3 is 2.93 bits per heavy atom. The van der Waals surface area contributed by atoms with Crippen molar-refractivity contribution in [2.75, 3.05) is 6.61 Å². The monoisotopic (exact) mass is 230 g/mol. The van der Waals surface area contributed by atoms with Gasteiger partial charge in [-0.15, -0.1) is 12.4 Å². The van der Waals surface area contributed by atoms with Gasteiger partial charge < -0.3 is 10.5 Å². The van der Waals surface area contributed by atoms with Crippen molar-refractivity contribution < 1.29 is 9.66 Å². The summed E-state index contributed by atoms with van der Waals surface area (Å²) >= 11 is 0. The normalized spacial score (nSPS) is 18.3. The van der Waals surface area contributed by atoms with Crippen LogP contribution in [-0.4, -0.2) is 17.6 Å². The first-order valence-corrected chi connectivity index (χ1v) is 4.32. The lowest BCUT2D eigenvalue weighted by atomic mass is 10.0. The number of halogens is 1. The maximum atomic E-state index is 10.5. The van der Waals surface area contributed by atoms with Crippen LogP contribution in [0.3, 0.4) is 0 Å². The van der Waals surface area contributed by atoms with Gasteiger partial charge in [0.15, 0.2) is 0 Å². The number of nitro benzene ring substituents is 1. The first-order valence-electron chi connectivity index (χ1n) is 4.32. The third-order valence-electron chi connectivity index (χ3n) is 2.19. The molecule has 1 aromatic rings. The molecular weight excluding hydrogens is 220 g/mol. The quantitative estimate of drug-likeness (QED) is 0.582. The van der Waals surface area contributed by atoms with Gasteiger partial charge >= 0.3 is 0 Å². The van der Waals surface area contributed by atoms with Gasteiger partial charge in [0.25, 0.3) is 5.69 Å². The highest BCUT2D eigenvalue weighted by atomic mass is 35.5. The van der Waals surface area contributed by atoms with E-state index in [1.807, 2.05) is 0 Å². The zero-order chi connectivity index (χ0) is 10.1. The summed E-state index contributed by atoms with van der Waals surface area (Å²) in [6.07, 6.45) is 0.636. The van der Waals surface area contributed by atoms with Crippen molar-refractivity contribution in [3.05, 3.63) is 33.9 Å². The van der Waals surface area contributed by atoms with Crippen LogP contribution >= 0.6 is 12.4 Å². The van der Waals surface area contributed by atoms with Crippen LogP contribution in [0.15, 0.2) is 18.2 Å². The Morgan fingerprint density at radius 2 is 2.27 bits per heavy atom. The second-order valence-electron chi connectivity index (χ2n) is 3.32. The van der Waals surface area contributed by atoms with Crippen molar-refractivity contribution in [1.82, 2.24) is 0 Å². The number of nitrogens with two attached hydrogens (primary N) is 1. The second-order valence-corrected chi connectivity index (χ2v) is 3.32. The lowest BCUT2D eigenvalue weighted by Crippen LogP contribution is -2.33. The molecule has 0 aromatic heterocycles. The number of hydrogen-bond donors (Lipinski definition) is 1. The van der Waals surface area contributed by atoms with Gasteiger partial charge in [-0.1, -0.05) is 0 Å². The molecular formula is C9H11ClN2O3. The van der Waals surface area contributed by atoms with E-state index in [1.54, 1.807) is 6.07 Å². The summed E-state index contributed by atoms with van der Waals surface area (Å²) in [4.78, 5) is 10.1. The number of rotatable bonds is 1. The SMILES string of the molecule is Cl.NC1COc2ccc([N+](=O)[O-])cc2C1. The fraction of sp³-hybridized carbons (Fsp3) is 0.333. The van der Waals surface area contributed by atoms with Crippen molar-refractivity contribution in [2.45, 2.75) is 12.5 Å². The Morgan fingerprint density at radius 1 is 1.53 bits per heavy atom. The molecule has 0 bridgehead atoms. The van der Waals surface area contributed by atoms with Crippen LogP contribution in [-0.2, 0) is 6.42 Å². The Labute approximate surface area is 92.8 Å². The minimum Gasteiger partial charge on any atom is -0.492 e. The molecule has 0 saturated carbocycles. The van der Waals surface area contributed by atoms with E-state index in [4.69, 9.17) is 10.5 Å². The molecule has 0 amide bonds. The van der Waals surface area contributed by atoms with Crippen LogP contribution in [0.4, 0.5) is 5.69 Å². The molecule has 1 aromatic carbocycles. The van der Waals surface area contributed by atoms with Gasteiger partial charge in [-0.25, -0.2) is 0 Å². The Kier molecular flexibility index (Phi) is 3.49. The van der Waals surface area contributed by atoms with E-state index in [0.29, 0.717) is 18.8 Å². The molecule has 1 aliphatic heterocycles. The predicted octanol–water partition coefficient (Wildman–Crippen LogP) is 1.28. The lowest BCUT2D eigenvalue weighted by Gasteiger charge is -2.21. The third-order valence-corrected chi connectivity index (χ3v) is 2.19. The molecule has 0 fully saturated rings. The summed E-state index contributed by atoms with van der Waals surface area (Å²) in [7, 11) is 0. The molecule has 2 rings (SSSR count). The molecule has 1 unspecified atom stereocenters. The summed E-state index contributed by atoms with van der Waals surface area (Å²) in [5, 5.41) is 10.5. The molecule has 82 valence electrons. The number of benzene rings is 1. The topological polar surface area (TPSA) is 78.4 Å². The summed E-state index contributed by atoms with van der Waals surface area (Å²) in [6.45, 7) is 0.477. The van der Waals surface area contributed by atoms with E-state index in [9.17, 15) is 10.1 Å². The average Bonchev–Trinajstić information content (AvgIpc) is 2.16. The molecule has 0 saturated heterocycles. The Bertz CT molecular complexity index is 384. The zero-order valence-electron chi connectivity index (χ0n) is 7.88. The van der Waals surface area contributed by atoms with Crippen molar-refractivity contribution in [2.24, 2.45) is 5.73 Å². The molecule has 1 aliphatic rings. The highest BCUT2D eigenvalue weighted by molar-refractivity contribution is 5.85. The van der Waals surface area contributed by atoms with Gasteiger partial charge in [-0.05, 0) is 12.5 Å². The molecule has 2 N–H and O–H groups in total. The zero-order valence-corrected chi connectivity index (χ0v) is 8.70. The molecule has 6 heteroatoms. The van der Waals surface area contributed by atoms with Gasteiger partial charge in [0.2, 0.25) is 0 Å². The van der Waals surface area contributed by atoms with E-state index in [-0.39, 0.29) is 24.1 Å². The predicted molar refractivity (Wildman–Crippen MR) is 57.5 cm³/mol. The fourth-order valence-electron chi connectivity index (χ4n) is 1.52. The number of hydrogen-bond acceptors (Lipinski definition) is 4. The molecule has 0 aliphatic carbocycles. The minimum atomic E-state index is -0.416.